The van der Waals surface area contributed by atoms with Crippen LogP contribution in [-0.4, -0.2) is 74.1 Å². The van der Waals surface area contributed by atoms with Gasteiger partial charge in [-0.2, -0.15) is 0 Å². The molecule has 1 N–H and O–H groups in total. The van der Waals surface area contributed by atoms with Crippen LogP contribution >= 0.6 is 0 Å². The fraction of sp³-hybridized carbons (Fsp3) is 0.981. The number of carbonyl (C=O) groups excluding carboxylic acids is 1. The van der Waals surface area contributed by atoms with Crippen LogP contribution < -0.4 is 0 Å². The molecule has 0 aliphatic rings. The van der Waals surface area contributed by atoms with E-state index in [0.717, 1.165) is 97.1 Å². The van der Waals surface area contributed by atoms with Crippen molar-refractivity contribution in [3.05, 3.63) is 0 Å². The molecular weight excluding hydrogens is 767 g/mol. The maximum atomic E-state index is 12.8. The normalized spacial score (nSPS) is 12.9. The van der Waals surface area contributed by atoms with Gasteiger partial charge in [-0.25, -0.2) is 0 Å². The molecule has 0 saturated carbocycles. The topological polar surface area (TPSA) is 77.5 Å². The second-order valence-electron chi connectivity index (χ2n) is 18.0. The number of esters is 1. The average Bonchev–Trinajstić information content (AvgIpc) is 3.24. The average molecular weight is 873 g/mol. The van der Waals surface area contributed by atoms with Crippen molar-refractivity contribution in [2.24, 2.45) is 0 Å². The van der Waals surface area contributed by atoms with E-state index in [-0.39, 0.29) is 25.0 Å². The van der Waals surface area contributed by atoms with E-state index >= 15 is 0 Å². The zero-order valence-electron chi connectivity index (χ0n) is 41.1. The Balaban J connectivity index is 4.35. The van der Waals surface area contributed by atoms with Crippen LogP contribution in [0.15, 0.2) is 0 Å². The zero-order valence-corrected chi connectivity index (χ0v) is 41.9. The Bertz CT molecular complexity index is 820. The smallest absolute Gasteiger partial charge is 0.314 e. The lowest BCUT2D eigenvalue weighted by atomic mass is 10.0. The first-order valence-electron chi connectivity index (χ1n) is 26.6. The van der Waals surface area contributed by atoms with Gasteiger partial charge in [-0.05, 0) is 96.7 Å². The standard InChI is InChI=1S/C52H106NO6S/c1-6-10-14-18-23-30-40-50(41-31-24-19-15-11-7-2)58-51(55)42-32-25-21-26-34-44-53(46-36-37-47-54)45-35-27-29-39-49-57-60(5)59-52(43-33-22-17-13-9-4)56-48-38-28-20-16-12-8-3/h50,52,54H,6-49H2,1-5H3/q+1. The van der Waals surface area contributed by atoms with Crippen LogP contribution in [0.4, 0.5) is 0 Å². The molecule has 60 heavy (non-hydrogen) atoms. The summed E-state index contributed by atoms with van der Waals surface area (Å²) in [5.41, 5.74) is 0. The van der Waals surface area contributed by atoms with Crippen LogP contribution in [0, 0.1) is 0 Å². The quantitative estimate of drug-likeness (QED) is 0.0282. The van der Waals surface area contributed by atoms with Gasteiger partial charge in [-0.1, -0.05) is 182 Å². The molecule has 360 valence electrons. The van der Waals surface area contributed by atoms with Crippen molar-refractivity contribution < 1.29 is 27.7 Å². The van der Waals surface area contributed by atoms with Crippen molar-refractivity contribution in [2.75, 3.05) is 45.7 Å². The van der Waals surface area contributed by atoms with Gasteiger partial charge in [0.1, 0.15) is 12.7 Å². The third kappa shape index (κ3) is 44.2. The zero-order chi connectivity index (χ0) is 43.8. The minimum absolute atomic E-state index is 0.0302. The lowest BCUT2D eigenvalue weighted by molar-refractivity contribution is -0.150. The van der Waals surface area contributed by atoms with E-state index in [1.807, 2.05) is 0 Å². The Hall–Kier alpha value is -0.380. The molecule has 7 nitrogen and oxygen atoms in total. The summed E-state index contributed by atoms with van der Waals surface area (Å²) < 4.78 is 24.7. The summed E-state index contributed by atoms with van der Waals surface area (Å²) in [6, 6.07) is 0. The largest absolute Gasteiger partial charge is 0.462 e. The molecule has 0 aliphatic heterocycles. The second kappa shape index (κ2) is 49.6. The first-order valence-corrected chi connectivity index (χ1v) is 28.1. The summed E-state index contributed by atoms with van der Waals surface area (Å²) >= 11 is -0.534. The number of hydrogen-bond donors (Lipinski definition) is 1. The van der Waals surface area contributed by atoms with E-state index in [1.165, 1.54) is 173 Å². The maximum absolute atomic E-state index is 12.8. The number of hydrogen-bond acceptors (Lipinski definition) is 7. The number of carbonyl (C=O) groups is 1. The van der Waals surface area contributed by atoms with Crippen molar-refractivity contribution in [1.82, 2.24) is 4.90 Å². The van der Waals surface area contributed by atoms with Crippen LogP contribution in [0.2, 0.25) is 0 Å². The van der Waals surface area contributed by atoms with Gasteiger partial charge in [0.25, 0.3) is 0 Å². The lowest BCUT2D eigenvalue weighted by Gasteiger charge is -2.22. The third-order valence-corrected chi connectivity index (χ3v) is 13.0. The highest BCUT2D eigenvalue weighted by Crippen LogP contribution is 2.19. The molecular formula is C52H106NO6S+. The molecule has 0 amide bonds. The van der Waals surface area contributed by atoms with E-state index in [2.05, 4.69) is 38.9 Å². The molecule has 0 heterocycles. The highest BCUT2D eigenvalue weighted by molar-refractivity contribution is 7.87. The molecule has 0 rings (SSSR count). The van der Waals surface area contributed by atoms with Crippen molar-refractivity contribution in [3.63, 3.8) is 0 Å². The molecule has 0 aromatic rings. The molecule has 8 heteroatoms. The molecule has 0 aromatic carbocycles. The van der Waals surface area contributed by atoms with Crippen LogP contribution in [0.25, 0.3) is 0 Å². The molecule has 2 unspecified atom stereocenters. The van der Waals surface area contributed by atoms with Gasteiger partial charge in [-0.15, -0.1) is 8.37 Å². The Labute approximate surface area is 378 Å². The van der Waals surface area contributed by atoms with Crippen LogP contribution in [0.1, 0.15) is 272 Å². The molecule has 0 bridgehead atoms. The molecule has 0 aromatic heterocycles. The van der Waals surface area contributed by atoms with Crippen LogP contribution in [0.5, 0.6) is 0 Å². The Morgan fingerprint density at radius 3 is 1.38 bits per heavy atom. The molecule has 0 radical (unpaired) electrons. The van der Waals surface area contributed by atoms with E-state index in [4.69, 9.17) is 17.8 Å². The van der Waals surface area contributed by atoms with E-state index < -0.39 is 11.5 Å². The molecule has 0 aliphatic carbocycles. The fourth-order valence-electron chi connectivity index (χ4n) is 8.05. The van der Waals surface area contributed by atoms with Crippen molar-refractivity contribution in [1.29, 1.82) is 0 Å². The summed E-state index contributed by atoms with van der Waals surface area (Å²) in [7, 11) is 0. The highest BCUT2D eigenvalue weighted by Gasteiger charge is 2.24. The minimum atomic E-state index is -0.534. The number of aliphatic hydroxyl groups is 1. The van der Waals surface area contributed by atoms with Crippen molar-refractivity contribution in [3.8, 4) is 0 Å². The Kier molecular flexibility index (Phi) is 49.3. The first-order chi connectivity index (χ1) is 29.5. The number of unbranched alkanes of at least 4 members (excludes halogenated alkanes) is 27. The van der Waals surface area contributed by atoms with Crippen LogP contribution in [-0.2, 0) is 34.1 Å². The van der Waals surface area contributed by atoms with Gasteiger partial charge in [0, 0.05) is 26.1 Å². The summed E-state index contributed by atoms with van der Waals surface area (Å²) in [6.45, 7) is 14.2. The monoisotopic (exact) mass is 873 g/mol. The predicted octanol–water partition coefficient (Wildman–Crippen LogP) is 15.5. The number of nitrogens with zero attached hydrogens (tertiary/aromatic N) is 1. The minimum Gasteiger partial charge on any atom is -0.462 e. The lowest BCUT2D eigenvalue weighted by Crippen LogP contribution is -2.27. The number of ether oxygens (including phenoxy) is 2. The Morgan fingerprint density at radius 2 is 0.883 bits per heavy atom. The first kappa shape index (κ1) is 59.6. The second-order valence-corrected chi connectivity index (χ2v) is 19.3. The van der Waals surface area contributed by atoms with Crippen molar-refractivity contribution >= 4 is 17.4 Å². The van der Waals surface area contributed by atoms with E-state index in [0.29, 0.717) is 6.42 Å². The van der Waals surface area contributed by atoms with E-state index in [1.54, 1.807) is 0 Å². The molecule has 0 spiro atoms. The third-order valence-electron chi connectivity index (χ3n) is 12.0. The van der Waals surface area contributed by atoms with Gasteiger partial charge >= 0.3 is 17.4 Å². The van der Waals surface area contributed by atoms with Crippen LogP contribution in [0.3, 0.4) is 0 Å². The summed E-state index contributed by atoms with van der Waals surface area (Å²) in [6.07, 6.45) is 47.3. The fourth-order valence-corrected chi connectivity index (χ4v) is 8.91. The predicted molar refractivity (Wildman–Crippen MR) is 262 cm³/mol. The van der Waals surface area contributed by atoms with E-state index in [9.17, 15) is 9.90 Å². The van der Waals surface area contributed by atoms with Gasteiger partial charge in [0.15, 0.2) is 6.26 Å². The summed E-state index contributed by atoms with van der Waals surface area (Å²) in [4.78, 5) is 15.4. The van der Waals surface area contributed by atoms with Gasteiger partial charge in [0.05, 0.1) is 0 Å². The molecule has 0 fully saturated rings. The summed E-state index contributed by atoms with van der Waals surface area (Å²) in [5, 5.41) is 9.36. The highest BCUT2D eigenvalue weighted by atomic mass is 32.2. The summed E-state index contributed by atoms with van der Waals surface area (Å²) in [5.74, 6) is 0.0302. The molecule has 2 atom stereocenters. The SMILES string of the molecule is CCCCCCCCOC(CCCCCCC)O[S+](C)OCCCCCCN(CCCCO)CCCCCCCC(=O)OC(CCCCCCCC)CCCCCCCC. The molecule has 0 saturated heterocycles. The maximum Gasteiger partial charge on any atom is 0.314 e. The number of aliphatic hydroxyl groups excluding tert-OH is 1. The number of rotatable bonds is 51. The van der Waals surface area contributed by atoms with Crippen molar-refractivity contribution in [2.45, 2.75) is 284 Å². The van der Waals surface area contributed by atoms with Gasteiger partial charge in [0.2, 0.25) is 6.29 Å². The van der Waals surface area contributed by atoms with Gasteiger partial charge in [-0.3, -0.25) is 4.79 Å². The van der Waals surface area contributed by atoms with Gasteiger partial charge < -0.3 is 19.5 Å². The Morgan fingerprint density at radius 1 is 0.483 bits per heavy atom.